The Kier molecular flexibility index (Phi) is 11.5. The van der Waals surface area contributed by atoms with E-state index in [2.05, 4.69) is 198 Å². The second-order valence-corrected chi connectivity index (χ2v) is 18.6. The van der Waals surface area contributed by atoms with Crippen LogP contribution in [0.25, 0.3) is 68.6 Å². The third-order valence-electron chi connectivity index (χ3n) is 14.0. The van der Waals surface area contributed by atoms with Crippen molar-refractivity contribution in [3.8, 4) is 57.4 Å². The van der Waals surface area contributed by atoms with Gasteiger partial charge in [0.1, 0.15) is 0 Å². The average Bonchev–Trinajstić information content (AvgIpc) is 3.52. The topological polar surface area (TPSA) is 92.7 Å². The summed E-state index contributed by atoms with van der Waals surface area (Å²) in [5.41, 5.74) is 19.3. The van der Waals surface area contributed by atoms with Crippen molar-refractivity contribution in [2.24, 2.45) is 0 Å². The highest BCUT2D eigenvalue weighted by Crippen LogP contribution is 2.54. The van der Waals surface area contributed by atoms with Crippen molar-refractivity contribution >= 4 is 57.4 Å². The number of fused-ring (bicyclic) bond motifs is 4. The van der Waals surface area contributed by atoms with Gasteiger partial charge in [-0.2, -0.15) is 10.5 Å². The van der Waals surface area contributed by atoms with Crippen molar-refractivity contribution in [3.05, 3.63) is 293 Å². The van der Waals surface area contributed by atoms with E-state index in [4.69, 9.17) is 15.0 Å². The molecule has 2 aliphatic heterocycles. The average molecular weight is 970 g/mol. The number of anilines is 6. The molecule has 11 aromatic rings. The largest absolute Gasteiger partial charge is 0.309 e. The van der Waals surface area contributed by atoms with Crippen LogP contribution in [-0.2, 0) is 0 Å². The zero-order valence-corrected chi connectivity index (χ0v) is 41.0. The van der Waals surface area contributed by atoms with Gasteiger partial charge in [-0.3, -0.25) is 0 Å². The first-order valence-corrected chi connectivity index (χ1v) is 25.1. The molecule has 354 valence electrons. The molecule has 0 spiro atoms. The summed E-state index contributed by atoms with van der Waals surface area (Å²) >= 11 is 0. The fourth-order valence-corrected chi connectivity index (χ4v) is 10.6. The van der Waals surface area contributed by atoms with Gasteiger partial charge >= 0.3 is 0 Å². The van der Waals surface area contributed by atoms with Crippen molar-refractivity contribution < 1.29 is 0 Å². The maximum atomic E-state index is 10.6. The second kappa shape index (κ2) is 19.4. The molecule has 2 aliphatic rings. The van der Waals surface area contributed by atoms with Crippen LogP contribution < -0.4 is 9.80 Å². The van der Waals surface area contributed by atoms with Crippen LogP contribution >= 0.6 is 0 Å². The van der Waals surface area contributed by atoms with E-state index in [0.717, 1.165) is 101 Å². The van der Waals surface area contributed by atoms with Crippen molar-refractivity contribution in [2.45, 2.75) is 0 Å². The molecule has 10 aromatic carbocycles. The summed E-state index contributed by atoms with van der Waals surface area (Å²) in [6, 6.07) is 89.3. The van der Waals surface area contributed by atoms with E-state index >= 15 is 0 Å². The van der Waals surface area contributed by atoms with Crippen LogP contribution in [0.4, 0.5) is 34.1 Å². The number of para-hydroxylation sites is 4. The monoisotopic (exact) mass is 969 g/mol. The highest BCUT2D eigenvalue weighted by atomic mass is 15.2. The van der Waals surface area contributed by atoms with Gasteiger partial charge in [-0.25, -0.2) is 15.0 Å². The van der Waals surface area contributed by atoms with Crippen LogP contribution in [-0.4, -0.2) is 15.0 Å². The first kappa shape index (κ1) is 45.2. The summed E-state index contributed by atoms with van der Waals surface area (Å²) < 4.78 is 0. The molecule has 0 saturated carbocycles. The molecule has 0 N–H and O–H groups in total. The number of nitrogens with zero attached hydrogens (tertiary/aromatic N) is 7. The molecule has 0 saturated heterocycles. The summed E-state index contributed by atoms with van der Waals surface area (Å²) in [6.45, 7) is 0. The van der Waals surface area contributed by atoms with E-state index in [1.165, 1.54) is 0 Å². The van der Waals surface area contributed by atoms with Gasteiger partial charge in [0.05, 0.1) is 57.4 Å². The molecule has 13 rings (SSSR count). The standard InChI is InChI=1S/C69H43N7/c70-44-48-23-18-26-51(39-48)52-36-38-66(76-63-33-16-12-29-55(63)58(41-47-21-6-2-7-22-47)56-30-13-17-34-64(56)76)60(43-52)69-73-67(50-24-8-3-9-25-50)72-68(74-69)59-42-49(45-71)35-37-65(59)75-61-31-14-10-27-53(61)57(40-46-19-4-1-5-20-46)54-28-11-15-32-62(54)75/h1-43H. The predicted molar refractivity (Wildman–Crippen MR) is 307 cm³/mol. The molecule has 0 bridgehead atoms. The Morgan fingerprint density at radius 2 is 0.658 bits per heavy atom. The van der Waals surface area contributed by atoms with Crippen LogP contribution in [0.3, 0.4) is 0 Å². The summed E-state index contributed by atoms with van der Waals surface area (Å²) in [5.74, 6) is 1.29. The molecule has 7 heteroatoms. The number of nitriles is 2. The number of hydrogen-bond donors (Lipinski definition) is 0. The lowest BCUT2D eigenvalue weighted by Crippen LogP contribution is -2.19. The molecule has 0 radical (unpaired) electrons. The van der Waals surface area contributed by atoms with E-state index in [0.29, 0.717) is 34.2 Å². The van der Waals surface area contributed by atoms with Crippen LogP contribution in [0.5, 0.6) is 0 Å². The fourth-order valence-electron chi connectivity index (χ4n) is 10.6. The van der Waals surface area contributed by atoms with Crippen molar-refractivity contribution in [3.63, 3.8) is 0 Å². The second-order valence-electron chi connectivity index (χ2n) is 18.6. The SMILES string of the molecule is N#Cc1cccc(-c2ccc(N3c4ccccc4C(=Cc4ccccc4)c4ccccc43)c(-c3nc(-c4ccccc4)nc(-c4cc(C#N)ccc4N4c5ccccc5C(=Cc5ccccc5)c5ccccc54)n3)c2)c1. The van der Waals surface area contributed by atoms with Gasteiger partial charge in [0.2, 0.25) is 0 Å². The maximum absolute atomic E-state index is 10.6. The third kappa shape index (κ3) is 8.17. The Morgan fingerprint density at radius 3 is 1.14 bits per heavy atom. The minimum Gasteiger partial charge on any atom is -0.309 e. The van der Waals surface area contributed by atoms with Crippen LogP contribution in [0.15, 0.2) is 249 Å². The number of hydrogen-bond acceptors (Lipinski definition) is 7. The minimum absolute atomic E-state index is 0.395. The highest BCUT2D eigenvalue weighted by Gasteiger charge is 2.32. The Bertz CT molecular complexity index is 4110. The molecule has 76 heavy (non-hydrogen) atoms. The first-order chi connectivity index (χ1) is 37.6. The van der Waals surface area contributed by atoms with Crippen LogP contribution in [0, 0.1) is 22.7 Å². The smallest absolute Gasteiger partial charge is 0.166 e. The molecule has 0 atom stereocenters. The Morgan fingerprint density at radius 1 is 0.289 bits per heavy atom. The van der Waals surface area contributed by atoms with Crippen LogP contribution in [0.2, 0.25) is 0 Å². The summed E-state index contributed by atoms with van der Waals surface area (Å²) in [7, 11) is 0. The van der Waals surface area contributed by atoms with Gasteiger partial charge in [-0.05, 0) is 112 Å². The van der Waals surface area contributed by atoms with E-state index < -0.39 is 0 Å². The van der Waals surface area contributed by atoms with Crippen LogP contribution in [0.1, 0.15) is 44.5 Å². The molecule has 7 nitrogen and oxygen atoms in total. The summed E-state index contributed by atoms with van der Waals surface area (Å²) in [6.07, 6.45) is 4.51. The van der Waals surface area contributed by atoms with Gasteiger partial charge < -0.3 is 9.80 Å². The van der Waals surface area contributed by atoms with Gasteiger partial charge in [0.15, 0.2) is 17.5 Å². The Balaban J connectivity index is 1.07. The lowest BCUT2D eigenvalue weighted by atomic mass is 9.88. The van der Waals surface area contributed by atoms with Crippen molar-refractivity contribution in [1.29, 1.82) is 10.5 Å². The van der Waals surface area contributed by atoms with E-state index in [-0.39, 0.29) is 0 Å². The molecule has 0 amide bonds. The fraction of sp³-hybridized carbons (Fsp3) is 0. The van der Waals surface area contributed by atoms with E-state index in [9.17, 15) is 10.5 Å². The highest BCUT2D eigenvalue weighted by molar-refractivity contribution is 6.09. The Hall–Kier alpha value is -10.7. The molecule has 0 unspecified atom stereocenters. The van der Waals surface area contributed by atoms with Gasteiger partial charge in [0, 0.05) is 38.9 Å². The minimum atomic E-state index is 0.395. The number of benzene rings is 10. The quantitative estimate of drug-likeness (QED) is 0.150. The third-order valence-corrected chi connectivity index (χ3v) is 14.0. The van der Waals surface area contributed by atoms with E-state index in [1.54, 1.807) is 0 Å². The Labute approximate surface area is 441 Å². The molecule has 1 aromatic heterocycles. The first-order valence-electron chi connectivity index (χ1n) is 25.1. The normalized spacial score (nSPS) is 12.1. The van der Waals surface area contributed by atoms with Gasteiger partial charge in [-0.1, -0.05) is 182 Å². The lowest BCUT2D eigenvalue weighted by molar-refractivity contribution is 1.07. The number of rotatable bonds is 8. The summed E-state index contributed by atoms with van der Waals surface area (Å²) in [5, 5.41) is 20.7. The lowest BCUT2D eigenvalue weighted by Gasteiger charge is -2.36. The molecular weight excluding hydrogens is 927 g/mol. The zero-order valence-electron chi connectivity index (χ0n) is 41.0. The van der Waals surface area contributed by atoms with Gasteiger partial charge in [0.25, 0.3) is 0 Å². The zero-order chi connectivity index (χ0) is 51.0. The molecular formula is C69H43N7. The van der Waals surface area contributed by atoms with E-state index in [1.807, 2.05) is 84.9 Å². The van der Waals surface area contributed by atoms with Crippen molar-refractivity contribution in [1.82, 2.24) is 15.0 Å². The molecule has 3 heterocycles. The van der Waals surface area contributed by atoms with Gasteiger partial charge in [-0.15, -0.1) is 0 Å². The number of aromatic nitrogens is 3. The maximum Gasteiger partial charge on any atom is 0.166 e. The molecule has 0 aliphatic carbocycles. The predicted octanol–water partition coefficient (Wildman–Crippen LogP) is 17.0. The molecule has 0 fully saturated rings. The summed E-state index contributed by atoms with van der Waals surface area (Å²) in [4.78, 5) is 20.9. The van der Waals surface area contributed by atoms with Crippen molar-refractivity contribution in [2.75, 3.05) is 9.80 Å².